The number of hydrogen-bond acceptors (Lipinski definition) is 5. The molecule has 1 atom stereocenters. The first kappa shape index (κ1) is 22.6. The number of benzene rings is 2. The van der Waals surface area contributed by atoms with Gasteiger partial charge in [-0.05, 0) is 42.3 Å². The summed E-state index contributed by atoms with van der Waals surface area (Å²) in [5, 5.41) is 9.38. The molecule has 2 aromatic carbocycles. The Morgan fingerprint density at radius 3 is 2.62 bits per heavy atom. The first-order chi connectivity index (χ1) is 16.2. The normalized spacial score (nSPS) is 15.5. The second-order valence-electron chi connectivity index (χ2n) is 7.82. The van der Waals surface area contributed by atoms with Crippen molar-refractivity contribution in [2.75, 3.05) is 12.4 Å². The average Bonchev–Trinajstić information content (AvgIpc) is 2.80. The molecule has 4 rings (SSSR count). The minimum Gasteiger partial charge on any atom is -0.327 e. The molecule has 1 aromatic heterocycles. The SMILES string of the molecule is Cc1ccc(-n2ncc(=O)n(C)c2=O)cc1NC(=O)C1=CN(C)C(=O)NC1c1cccc(F)c1. The number of aromatic nitrogens is 3. The minimum absolute atomic E-state index is 0.190. The second kappa shape index (κ2) is 8.77. The highest BCUT2D eigenvalue weighted by Crippen LogP contribution is 2.28. The summed E-state index contributed by atoms with van der Waals surface area (Å²) in [7, 11) is 2.83. The van der Waals surface area contributed by atoms with Gasteiger partial charge in [0.15, 0.2) is 0 Å². The van der Waals surface area contributed by atoms with Gasteiger partial charge in [0, 0.05) is 26.0 Å². The van der Waals surface area contributed by atoms with Gasteiger partial charge in [-0.3, -0.25) is 14.2 Å². The summed E-state index contributed by atoms with van der Waals surface area (Å²) >= 11 is 0. The molecular formula is C23H21FN6O4. The molecule has 0 bridgehead atoms. The molecule has 34 heavy (non-hydrogen) atoms. The summed E-state index contributed by atoms with van der Waals surface area (Å²) in [4.78, 5) is 50.8. The topological polar surface area (TPSA) is 118 Å². The van der Waals surface area contributed by atoms with Gasteiger partial charge in [0.05, 0.1) is 17.3 Å². The van der Waals surface area contributed by atoms with E-state index in [1.54, 1.807) is 31.2 Å². The van der Waals surface area contributed by atoms with Crippen molar-refractivity contribution >= 4 is 17.6 Å². The van der Waals surface area contributed by atoms with Gasteiger partial charge >= 0.3 is 11.7 Å². The maximum Gasteiger partial charge on any atom is 0.351 e. The number of nitrogens with one attached hydrogen (secondary N) is 2. The van der Waals surface area contributed by atoms with E-state index in [4.69, 9.17) is 0 Å². The van der Waals surface area contributed by atoms with Gasteiger partial charge in [0.2, 0.25) is 0 Å². The van der Waals surface area contributed by atoms with E-state index >= 15 is 0 Å². The summed E-state index contributed by atoms with van der Waals surface area (Å²) in [6.45, 7) is 1.77. The molecule has 1 aliphatic heterocycles. The van der Waals surface area contributed by atoms with Crippen molar-refractivity contribution in [2.45, 2.75) is 13.0 Å². The highest BCUT2D eigenvalue weighted by atomic mass is 19.1. The summed E-state index contributed by atoms with van der Waals surface area (Å²) in [6, 6.07) is 9.20. The van der Waals surface area contributed by atoms with E-state index in [0.717, 1.165) is 15.4 Å². The van der Waals surface area contributed by atoms with Gasteiger partial charge < -0.3 is 15.5 Å². The van der Waals surface area contributed by atoms with Crippen LogP contribution in [-0.4, -0.2) is 38.2 Å². The van der Waals surface area contributed by atoms with Crippen molar-refractivity contribution in [2.24, 2.45) is 7.05 Å². The van der Waals surface area contributed by atoms with Crippen LogP contribution in [0.15, 0.2) is 70.0 Å². The molecule has 11 heteroatoms. The van der Waals surface area contributed by atoms with Crippen molar-refractivity contribution in [3.8, 4) is 5.69 Å². The van der Waals surface area contributed by atoms with Crippen molar-refractivity contribution in [1.29, 1.82) is 0 Å². The number of anilines is 1. The van der Waals surface area contributed by atoms with Crippen LogP contribution >= 0.6 is 0 Å². The van der Waals surface area contributed by atoms with Gasteiger partial charge in [0.25, 0.3) is 11.5 Å². The highest BCUT2D eigenvalue weighted by molar-refractivity contribution is 6.06. The van der Waals surface area contributed by atoms with Crippen LogP contribution in [0.5, 0.6) is 0 Å². The lowest BCUT2D eigenvalue weighted by Crippen LogP contribution is -2.44. The Kier molecular flexibility index (Phi) is 5.84. The van der Waals surface area contributed by atoms with Crippen molar-refractivity contribution in [1.82, 2.24) is 24.6 Å². The van der Waals surface area contributed by atoms with Crippen molar-refractivity contribution in [3.63, 3.8) is 0 Å². The van der Waals surface area contributed by atoms with Crippen LogP contribution in [0.1, 0.15) is 17.2 Å². The standard InChI is InChI=1S/C23H21FN6O4/c1-13-7-8-16(30-23(34)29(3)19(31)11-25-30)10-18(13)26-21(32)17-12-28(2)22(33)27-20(17)14-5-4-6-15(24)9-14/h4-12,20H,1-3H3,(H,26,32)(H,27,33). The molecule has 0 aliphatic carbocycles. The zero-order valence-electron chi connectivity index (χ0n) is 18.6. The molecule has 0 fully saturated rings. The molecule has 0 spiro atoms. The quantitative estimate of drug-likeness (QED) is 0.608. The third-order valence-electron chi connectivity index (χ3n) is 5.47. The van der Waals surface area contributed by atoms with Crippen LogP contribution < -0.4 is 21.9 Å². The summed E-state index contributed by atoms with van der Waals surface area (Å²) < 4.78 is 15.8. The second-order valence-corrected chi connectivity index (χ2v) is 7.82. The smallest absolute Gasteiger partial charge is 0.327 e. The van der Waals surface area contributed by atoms with E-state index in [-0.39, 0.29) is 5.57 Å². The van der Waals surface area contributed by atoms with Crippen LogP contribution in [0.2, 0.25) is 0 Å². The number of nitrogens with zero attached hydrogens (tertiary/aromatic N) is 4. The van der Waals surface area contributed by atoms with Crippen LogP contribution in [0.4, 0.5) is 14.9 Å². The zero-order chi connectivity index (χ0) is 24.6. The largest absolute Gasteiger partial charge is 0.351 e. The van der Waals surface area contributed by atoms with E-state index in [2.05, 4.69) is 15.7 Å². The van der Waals surface area contributed by atoms with Gasteiger partial charge in [0.1, 0.15) is 12.0 Å². The van der Waals surface area contributed by atoms with E-state index in [0.29, 0.717) is 22.5 Å². The Bertz CT molecular complexity index is 1460. The van der Waals surface area contributed by atoms with E-state index in [1.807, 2.05) is 0 Å². The average molecular weight is 464 g/mol. The first-order valence-corrected chi connectivity index (χ1v) is 10.2. The van der Waals surface area contributed by atoms with Crippen LogP contribution in [0.3, 0.4) is 0 Å². The maximum absolute atomic E-state index is 13.8. The van der Waals surface area contributed by atoms with Gasteiger partial charge in [-0.25, -0.2) is 14.0 Å². The Labute approximate surface area is 192 Å². The highest BCUT2D eigenvalue weighted by Gasteiger charge is 2.31. The molecule has 10 nitrogen and oxygen atoms in total. The zero-order valence-corrected chi connectivity index (χ0v) is 18.6. The molecular weight excluding hydrogens is 443 g/mol. The van der Waals surface area contributed by atoms with Gasteiger partial charge in [-0.2, -0.15) is 9.78 Å². The summed E-state index contributed by atoms with van der Waals surface area (Å²) in [6.07, 6.45) is 2.41. The monoisotopic (exact) mass is 464 g/mol. The van der Waals surface area contributed by atoms with Crippen molar-refractivity contribution in [3.05, 3.63) is 98.2 Å². The molecule has 3 amide bonds. The fourth-order valence-corrected chi connectivity index (χ4v) is 3.51. The molecule has 2 heterocycles. The van der Waals surface area contributed by atoms with Gasteiger partial charge in [-0.15, -0.1) is 0 Å². The Balaban J connectivity index is 1.70. The Hall–Kier alpha value is -4.54. The maximum atomic E-state index is 13.8. The third-order valence-corrected chi connectivity index (χ3v) is 5.47. The number of rotatable bonds is 4. The molecule has 2 N–H and O–H groups in total. The molecule has 0 radical (unpaired) electrons. The lowest BCUT2D eigenvalue weighted by molar-refractivity contribution is -0.113. The lowest BCUT2D eigenvalue weighted by Gasteiger charge is -2.30. The predicted molar refractivity (Wildman–Crippen MR) is 122 cm³/mol. The predicted octanol–water partition coefficient (Wildman–Crippen LogP) is 1.60. The number of carbonyl (C=O) groups excluding carboxylic acids is 2. The number of halogens is 1. The molecule has 1 aliphatic rings. The number of carbonyl (C=O) groups is 2. The fraction of sp³-hybridized carbons (Fsp3) is 0.174. The third kappa shape index (κ3) is 4.22. The summed E-state index contributed by atoms with van der Waals surface area (Å²) in [5.74, 6) is -1.02. The fourth-order valence-electron chi connectivity index (χ4n) is 3.51. The van der Waals surface area contributed by atoms with Crippen molar-refractivity contribution < 1.29 is 14.0 Å². The van der Waals surface area contributed by atoms with E-state index in [1.165, 1.54) is 43.4 Å². The molecule has 174 valence electrons. The number of aryl methyl sites for hydroxylation is 1. The van der Waals surface area contributed by atoms with E-state index < -0.39 is 35.0 Å². The van der Waals surface area contributed by atoms with Crippen LogP contribution in [0, 0.1) is 12.7 Å². The van der Waals surface area contributed by atoms with Crippen LogP contribution in [0.25, 0.3) is 5.69 Å². The van der Waals surface area contributed by atoms with Crippen LogP contribution in [-0.2, 0) is 11.8 Å². The molecule has 1 unspecified atom stereocenters. The number of amides is 3. The molecule has 3 aromatic rings. The molecule has 0 saturated heterocycles. The number of hydrogen-bond donors (Lipinski definition) is 2. The first-order valence-electron chi connectivity index (χ1n) is 10.2. The lowest BCUT2D eigenvalue weighted by atomic mass is 9.97. The minimum atomic E-state index is -0.865. The Morgan fingerprint density at radius 2 is 1.88 bits per heavy atom. The van der Waals surface area contributed by atoms with E-state index in [9.17, 15) is 23.6 Å². The summed E-state index contributed by atoms with van der Waals surface area (Å²) in [5.41, 5.74) is 0.852. The van der Waals surface area contributed by atoms with Gasteiger partial charge in [-0.1, -0.05) is 18.2 Å². The molecule has 0 saturated carbocycles. The number of urea groups is 1. The Morgan fingerprint density at radius 1 is 1.12 bits per heavy atom.